The molecule has 5 heteroatoms. The molecule has 1 aromatic carbocycles. The number of hydrogen-bond acceptors (Lipinski definition) is 2. The summed E-state index contributed by atoms with van der Waals surface area (Å²) >= 11 is 0. The van der Waals surface area contributed by atoms with E-state index in [4.69, 9.17) is 4.74 Å². The van der Waals surface area contributed by atoms with E-state index in [1.54, 1.807) is 6.07 Å². The summed E-state index contributed by atoms with van der Waals surface area (Å²) in [7, 11) is 1.39. The minimum Gasteiger partial charge on any atom is -0.497 e. The number of hydrogen-bond donors (Lipinski definition) is 1. The van der Waals surface area contributed by atoms with E-state index in [9.17, 15) is 13.2 Å². The molecular formula is C14H18F3NO. The second kappa shape index (κ2) is 5.82. The molecule has 1 atom stereocenters. The summed E-state index contributed by atoms with van der Waals surface area (Å²) in [4.78, 5) is 0. The molecule has 1 aliphatic heterocycles. The number of alkyl halides is 3. The Morgan fingerprint density at radius 1 is 1.26 bits per heavy atom. The van der Waals surface area contributed by atoms with Crippen molar-refractivity contribution < 1.29 is 17.9 Å². The van der Waals surface area contributed by atoms with Crippen LogP contribution in [0.25, 0.3) is 0 Å². The molecule has 0 amide bonds. The van der Waals surface area contributed by atoms with Crippen LogP contribution in [0.2, 0.25) is 0 Å². The standard InChI is InChI=1S/C14H18F3NO/c1-19-13-8-10(6-11(9-13)14(15,16)17)7-12-4-2-3-5-18-12/h6,8-9,12,18H,2-5,7H2,1H3/t12-/m1/s1. The van der Waals surface area contributed by atoms with Crippen LogP contribution < -0.4 is 10.1 Å². The number of halogens is 3. The van der Waals surface area contributed by atoms with Gasteiger partial charge in [-0.25, -0.2) is 0 Å². The van der Waals surface area contributed by atoms with E-state index in [0.717, 1.165) is 31.9 Å². The van der Waals surface area contributed by atoms with Crippen LogP contribution in [0.3, 0.4) is 0 Å². The highest BCUT2D eigenvalue weighted by Gasteiger charge is 2.31. The van der Waals surface area contributed by atoms with E-state index in [2.05, 4.69) is 5.32 Å². The summed E-state index contributed by atoms with van der Waals surface area (Å²) < 4.78 is 43.3. The number of nitrogens with one attached hydrogen (secondary N) is 1. The van der Waals surface area contributed by atoms with Crippen molar-refractivity contribution in [3.05, 3.63) is 29.3 Å². The van der Waals surface area contributed by atoms with Crippen molar-refractivity contribution >= 4 is 0 Å². The van der Waals surface area contributed by atoms with Crippen LogP contribution >= 0.6 is 0 Å². The topological polar surface area (TPSA) is 21.3 Å². The minimum absolute atomic E-state index is 0.264. The summed E-state index contributed by atoms with van der Waals surface area (Å²) in [6, 6.07) is 4.21. The fourth-order valence-corrected chi connectivity index (χ4v) is 2.44. The third kappa shape index (κ3) is 3.86. The average molecular weight is 273 g/mol. The van der Waals surface area contributed by atoms with Gasteiger partial charge in [0.2, 0.25) is 0 Å². The maximum Gasteiger partial charge on any atom is 0.416 e. The molecule has 1 aliphatic rings. The Balaban J connectivity index is 2.19. The smallest absolute Gasteiger partial charge is 0.416 e. The first-order valence-electron chi connectivity index (χ1n) is 6.47. The van der Waals surface area contributed by atoms with Gasteiger partial charge in [0.05, 0.1) is 12.7 Å². The van der Waals surface area contributed by atoms with Crippen molar-refractivity contribution in [1.29, 1.82) is 0 Å². The Morgan fingerprint density at radius 2 is 2.05 bits per heavy atom. The van der Waals surface area contributed by atoms with Crippen molar-refractivity contribution in [1.82, 2.24) is 5.32 Å². The molecule has 1 fully saturated rings. The molecule has 0 bridgehead atoms. The predicted octanol–water partition coefficient (Wildman–Crippen LogP) is 3.40. The van der Waals surface area contributed by atoms with Gasteiger partial charge >= 0.3 is 6.18 Å². The Labute approximate surface area is 111 Å². The molecule has 19 heavy (non-hydrogen) atoms. The molecule has 1 aromatic rings. The number of methoxy groups -OCH3 is 1. The molecule has 0 saturated carbocycles. The van der Waals surface area contributed by atoms with E-state index in [1.165, 1.54) is 13.2 Å². The first-order valence-corrected chi connectivity index (χ1v) is 6.47. The third-order valence-electron chi connectivity index (χ3n) is 3.42. The molecule has 0 spiro atoms. The van der Waals surface area contributed by atoms with Crippen LogP contribution in [0, 0.1) is 0 Å². The van der Waals surface area contributed by atoms with Gasteiger partial charge in [-0.15, -0.1) is 0 Å². The van der Waals surface area contributed by atoms with Gasteiger partial charge in [-0.2, -0.15) is 13.2 Å². The molecule has 106 valence electrons. The maximum atomic E-state index is 12.8. The Hall–Kier alpha value is -1.23. The van der Waals surface area contributed by atoms with E-state index >= 15 is 0 Å². The van der Waals surface area contributed by atoms with Crippen LogP contribution in [0.15, 0.2) is 18.2 Å². The van der Waals surface area contributed by atoms with Gasteiger partial charge in [0.25, 0.3) is 0 Å². The zero-order valence-corrected chi connectivity index (χ0v) is 10.9. The van der Waals surface area contributed by atoms with Crippen molar-refractivity contribution in [2.24, 2.45) is 0 Å². The first kappa shape index (κ1) is 14.2. The van der Waals surface area contributed by atoms with Gasteiger partial charge < -0.3 is 10.1 Å². The van der Waals surface area contributed by atoms with Crippen LogP contribution in [0.5, 0.6) is 5.75 Å². The Bertz CT molecular complexity index is 425. The maximum absolute atomic E-state index is 12.8. The molecule has 1 N–H and O–H groups in total. The Morgan fingerprint density at radius 3 is 2.63 bits per heavy atom. The lowest BCUT2D eigenvalue weighted by Crippen LogP contribution is -2.35. The van der Waals surface area contributed by atoms with Gasteiger partial charge in [0.15, 0.2) is 0 Å². The summed E-state index contributed by atoms with van der Waals surface area (Å²) in [5, 5.41) is 3.34. The van der Waals surface area contributed by atoms with Gasteiger partial charge in [0.1, 0.15) is 5.75 Å². The zero-order chi connectivity index (χ0) is 13.9. The summed E-state index contributed by atoms with van der Waals surface area (Å²) in [6.45, 7) is 0.945. The zero-order valence-electron chi connectivity index (χ0n) is 10.9. The summed E-state index contributed by atoms with van der Waals surface area (Å²) in [5.74, 6) is 0.264. The molecule has 1 saturated heterocycles. The van der Waals surface area contributed by atoms with Crippen molar-refractivity contribution in [3.63, 3.8) is 0 Å². The van der Waals surface area contributed by atoms with Crippen LogP contribution in [0.4, 0.5) is 13.2 Å². The molecule has 2 nitrogen and oxygen atoms in total. The first-order chi connectivity index (χ1) is 8.99. The number of piperidine rings is 1. The summed E-state index contributed by atoms with van der Waals surface area (Å²) in [6.07, 6.45) is -0.432. The molecule has 0 aromatic heterocycles. The van der Waals surface area contributed by atoms with Gasteiger partial charge in [-0.05, 0) is 49.6 Å². The highest BCUT2D eigenvalue weighted by Crippen LogP contribution is 2.33. The second-order valence-corrected chi connectivity index (χ2v) is 4.92. The molecule has 1 heterocycles. The quantitative estimate of drug-likeness (QED) is 0.911. The monoisotopic (exact) mass is 273 g/mol. The average Bonchev–Trinajstić information content (AvgIpc) is 2.38. The molecule has 2 rings (SSSR count). The van der Waals surface area contributed by atoms with Crippen molar-refractivity contribution in [2.45, 2.75) is 37.9 Å². The number of rotatable bonds is 3. The predicted molar refractivity (Wildman–Crippen MR) is 67.3 cm³/mol. The largest absolute Gasteiger partial charge is 0.497 e. The van der Waals surface area contributed by atoms with Crippen molar-refractivity contribution in [2.75, 3.05) is 13.7 Å². The SMILES string of the molecule is COc1cc(C[C@H]2CCCCN2)cc(C(F)(F)F)c1. The van der Waals surface area contributed by atoms with Gasteiger partial charge in [-0.1, -0.05) is 6.42 Å². The number of ether oxygens (including phenoxy) is 1. The molecule has 0 aliphatic carbocycles. The highest BCUT2D eigenvalue weighted by atomic mass is 19.4. The lowest BCUT2D eigenvalue weighted by atomic mass is 9.96. The molecular weight excluding hydrogens is 255 g/mol. The lowest BCUT2D eigenvalue weighted by Gasteiger charge is -2.24. The van der Waals surface area contributed by atoms with E-state index in [0.29, 0.717) is 12.0 Å². The van der Waals surface area contributed by atoms with Gasteiger partial charge in [0, 0.05) is 6.04 Å². The molecule has 0 unspecified atom stereocenters. The van der Waals surface area contributed by atoms with E-state index in [1.807, 2.05) is 0 Å². The van der Waals surface area contributed by atoms with Crippen LogP contribution in [0.1, 0.15) is 30.4 Å². The van der Waals surface area contributed by atoms with Crippen LogP contribution in [-0.4, -0.2) is 19.7 Å². The molecule has 0 radical (unpaired) electrons. The lowest BCUT2D eigenvalue weighted by molar-refractivity contribution is -0.137. The fourth-order valence-electron chi connectivity index (χ4n) is 2.44. The van der Waals surface area contributed by atoms with Crippen molar-refractivity contribution in [3.8, 4) is 5.75 Å². The summed E-state index contributed by atoms with van der Waals surface area (Å²) in [5.41, 5.74) is 0.0312. The van der Waals surface area contributed by atoms with E-state index < -0.39 is 11.7 Å². The fraction of sp³-hybridized carbons (Fsp3) is 0.571. The van der Waals surface area contributed by atoms with Crippen LogP contribution in [-0.2, 0) is 12.6 Å². The second-order valence-electron chi connectivity index (χ2n) is 4.92. The number of benzene rings is 1. The minimum atomic E-state index is -4.33. The normalized spacial score (nSPS) is 20.3. The van der Waals surface area contributed by atoms with E-state index in [-0.39, 0.29) is 11.8 Å². The van der Waals surface area contributed by atoms with Gasteiger partial charge in [-0.3, -0.25) is 0 Å². The highest BCUT2D eigenvalue weighted by molar-refractivity contribution is 5.36. The third-order valence-corrected chi connectivity index (χ3v) is 3.42. The Kier molecular flexibility index (Phi) is 4.34.